The molecule has 17 heavy (non-hydrogen) atoms. The lowest BCUT2D eigenvalue weighted by Gasteiger charge is -2.29. The largest absolute Gasteiger partial charge is 0.497 e. The number of nitrogens with one attached hydrogen (secondary N) is 1. The molecule has 0 radical (unpaired) electrons. The van der Waals surface area contributed by atoms with Crippen LogP contribution in [0.2, 0.25) is 0 Å². The van der Waals surface area contributed by atoms with E-state index in [-0.39, 0.29) is 0 Å². The fourth-order valence-electron chi connectivity index (χ4n) is 1.93. The topological polar surface area (TPSA) is 52.0 Å². The zero-order valence-electron chi connectivity index (χ0n) is 9.63. The summed E-state index contributed by atoms with van der Waals surface area (Å²) in [5.74, 6) is 1.77. The molecule has 0 unspecified atom stereocenters. The van der Waals surface area contributed by atoms with Crippen LogP contribution in [0.3, 0.4) is 0 Å². The van der Waals surface area contributed by atoms with Crippen molar-refractivity contribution >= 4 is 0 Å². The lowest BCUT2D eigenvalue weighted by atomic mass is 10.1. The van der Waals surface area contributed by atoms with Crippen LogP contribution >= 0.6 is 0 Å². The van der Waals surface area contributed by atoms with E-state index in [9.17, 15) is 0 Å². The molecule has 1 aromatic carbocycles. The van der Waals surface area contributed by atoms with Crippen molar-refractivity contribution in [2.75, 3.05) is 20.2 Å². The van der Waals surface area contributed by atoms with Gasteiger partial charge in [-0.2, -0.15) is 0 Å². The maximum atomic E-state index is 5.14. The average Bonchev–Trinajstić information content (AvgIpc) is 2.76. The van der Waals surface area contributed by atoms with Gasteiger partial charge in [-0.1, -0.05) is 0 Å². The molecule has 3 rings (SSSR count). The van der Waals surface area contributed by atoms with Crippen LogP contribution in [-0.4, -0.2) is 35.0 Å². The summed E-state index contributed by atoms with van der Waals surface area (Å²) in [7, 11) is 1.66. The van der Waals surface area contributed by atoms with Gasteiger partial charge < -0.3 is 14.6 Å². The van der Waals surface area contributed by atoms with Crippen LogP contribution in [0.4, 0.5) is 0 Å². The van der Waals surface area contributed by atoms with Crippen molar-refractivity contribution in [2.45, 2.75) is 6.04 Å². The summed E-state index contributed by atoms with van der Waals surface area (Å²) >= 11 is 0. The number of methoxy groups -OCH3 is 1. The van der Waals surface area contributed by atoms with Gasteiger partial charge in [0.25, 0.3) is 0 Å². The molecule has 2 aromatic rings. The lowest BCUT2D eigenvalue weighted by molar-refractivity contribution is 0.345. The van der Waals surface area contributed by atoms with Crippen LogP contribution < -0.4 is 10.1 Å². The Hall–Kier alpha value is -1.88. The van der Waals surface area contributed by atoms with Crippen LogP contribution in [0, 0.1) is 0 Å². The van der Waals surface area contributed by atoms with Gasteiger partial charge in [-0.3, -0.25) is 0 Å². The summed E-state index contributed by atoms with van der Waals surface area (Å²) in [4.78, 5) is 0. The Labute approximate surface area is 99.4 Å². The second-order valence-electron chi connectivity index (χ2n) is 4.10. The van der Waals surface area contributed by atoms with Gasteiger partial charge in [-0.05, 0) is 24.3 Å². The van der Waals surface area contributed by atoms with Gasteiger partial charge >= 0.3 is 0 Å². The maximum absolute atomic E-state index is 5.14. The Kier molecular flexibility index (Phi) is 2.53. The molecule has 0 amide bonds. The molecule has 5 nitrogen and oxygen atoms in total. The summed E-state index contributed by atoms with van der Waals surface area (Å²) in [6, 6.07) is 8.36. The van der Waals surface area contributed by atoms with Crippen molar-refractivity contribution in [1.29, 1.82) is 0 Å². The molecule has 0 bridgehead atoms. The predicted octanol–water partition coefficient (Wildman–Crippen LogP) is 1.10. The summed E-state index contributed by atoms with van der Waals surface area (Å²) in [6.07, 6.45) is 1.80. The first-order chi connectivity index (χ1) is 8.38. The molecule has 88 valence electrons. The monoisotopic (exact) mass is 230 g/mol. The van der Waals surface area contributed by atoms with Crippen LogP contribution in [0.1, 0.15) is 6.04 Å². The van der Waals surface area contributed by atoms with Crippen molar-refractivity contribution in [2.24, 2.45) is 0 Å². The highest BCUT2D eigenvalue weighted by Gasteiger charge is 2.22. The molecule has 1 fully saturated rings. The highest BCUT2D eigenvalue weighted by atomic mass is 16.5. The van der Waals surface area contributed by atoms with Crippen LogP contribution in [0.5, 0.6) is 5.75 Å². The summed E-state index contributed by atoms with van der Waals surface area (Å²) in [6.45, 7) is 1.97. The molecule has 1 aliphatic heterocycles. The Morgan fingerprint density at radius 3 is 2.65 bits per heavy atom. The number of rotatable bonds is 3. The number of nitrogens with zero attached hydrogens (tertiary/aromatic N) is 3. The van der Waals surface area contributed by atoms with Gasteiger partial charge in [-0.25, -0.2) is 0 Å². The SMILES string of the molecule is COc1ccc(-c2nncn2C2CNC2)cc1. The van der Waals surface area contributed by atoms with Gasteiger partial charge in [0.05, 0.1) is 13.2 Å². The van der Waals surface area contributed by atoms with E-state index in [4.69, 9.17) is 4.74 Å². The summed E-state index contributed by atoms with van der Waals surface area (Å²) in [5.41, 5.74) is 1.07. The molecule has 1 aliphatic rings. The smallest absolute Gasteiger partial charge is 0.164 e. The first-order valence-electron chi connectivity index (χ1n) is 5.63. The summed E-state index contributed by atoms with van der Waals surface area (Å²) < 4.78 is 7.27. The molecule has 1 aromatic heterocycles. The van der Waals surface area contributed by atoms with Crippen LogP contribution in [0.25, 0.3) is 11.4 Å². The Bertz CT molecular complexity index is 501. The fourth-order valence-corrected chi connectivity index (χ4v) is 1.93. The Morgan fingerprint density at radius 2 is 2.06 bits per heavy atom. The molecule has 0 saturated carbocycles. The van der Waals surface area contributed by atoms with Gasteiger partial charge in [0.15, 0.2) is 5.82 Å². The van der Waals surface area contributed by atoms with E-state index >= 15 is 0 Å². The first-order valence-corrected chi connectivity index (χ1v) is 5.63. The van der Waals surface area contributed by atoms with Crippen LogP contribution in [0.15, 0.2) is 30.6 Å². The highest BCUT2D eigenvalue weighted by molar-refractivity contribution is 5.56. The lowest BCUT2D eigenvalue weighted by Crippen LogP contribution is -2.43. The van der Waals surface area contributed by atoms with Crippen molar-refractivity contribution in [1.82, 2.24) is 20.1 Å². The minimum atomic E-state index is 0.474. The molecule has 0 aliphatic carbocycles. The third-order valence-electron chi connectivity index (χ3n) is 3.07. The van der Waals surface area contributed by atoms with E-state index in [1.54, 1.807) is 13.4 Å². The molecule has 0 atom stereocenters. The van der Waals surface area contributed by atoms with Gasteiger partial charge in [0.1, 0.15) is 12.1 Å². The van der Waals surface area contributed by atoms with Gasteiger partial charge in [0.2, 0.25) is 0 Å². The average molecular weight is 230 g/mol. The van der Waals surface area contributed by atoms with E-state index in [1.165, 1.54) is 0 Å². The molecule has 2 heterocycles. The van der Waals surface area contributed by atoms with Crippen molar-refractivity contribution < 1.29 is 4.74 Å². The second-order valence-corrected chi connectivity index (χ2v) is 4.10. The normalized spacial score (nSPS) is 15.6. The van der Waals surface area contributed by atoms with Crippen molar-refractivity contribution in [3.8, 4) is 17.1 Å². The number of hydrogen-bond acceptors (Lipinski definition) is 4. The number of benzene rings is 1. The minimum Gasteiger partial charge on any atom is -0.497 e. The number of hydrogen-bond donors (Lipinski definition) is 1. The van der Waals surface area contributed by atoms with Crippen molar-refractivity contribution in [3.63, 3.8) is 0 Å². The standard InChI is InChI=1S/C12H14N4O/c1-17-11-4-2-9(3-5-11)12-15-14-8-16(12)10-6-13-7-10/h2-5,8,10,13H,6-7H2,1H3. The predicted molar refractivity (Wildman–Crippen MR) is 63.9 cm³/mol. The third-order valence-corrected chi connectivity index (χ3v) is 3.07. The van der Waals surface area contributed by atoms with E-state index in [0.29, 0.717) is 6.04 Å². The van der Waals surface area contributed by atoms with Crippen LogP contribution in [-0.2, 0) is 0 Å². The minimum absolute atomic E-state index is 0.474. The molecule has 1 N–H and O–H groups in total. The van der Waals surface area contributed by atoms with E-state index in [2.05, 4.69) is 20.1 Å². The molecule has 0 spiro atoms. The highest BCUT2D eigenvalue weighted by Crippen LogP contribution is 2.24. The third kappa shape index (κ3) is 1.78. The van der Waals surface area contributed by atoms with E-state index < -0.39 is 0 Å². The zero-order valence-corrected chi connectivity index (χ0v) is 9.63. The zero-order chi connectivity index (χ0) is 11.7. The van der Waals surface area contributed by atoms with E-state index in [1.807, 2.05) is 24.3 Å². The number of ether oxygens (including phenoxy) is 1. The molecular weight excluding hydrogens is 216 g/mol. The quantitative estimate of drug-likeness (QED) is 0.857. The Balaban J connectivity index is 1.94. The molecule has 5 heteroatoms. The molecular formula is C12H14N4O. The van der Waals surface area contributed by atoms with Gasteiger partial charge in [0, 0.05) is 18.7 Å². The number of aromatic nitrogens is 3. The molecule has 1 saturated heterocycles. The first kappa shape index (κ1) is 10.3. The van der Waals surface area contributed by atoms with E-state index in [0.717, 1.165) is 30.2 Å². The summed E-state index contributed by atoms with van der Waals surface area (Å²) in [5, 5.41) is 11.4. The van der Waals surface area contributed by atoms with Gasteiger partial charge in [-0.15, -0.1) is 10.2 Å². The maximum Gasteiger partial charge on any atom is 0.164 e. The van der Waals surface area contributed by atoms with Crippen molar-refractivity contribution in [3.05, 3.63) is 30.6 Å². The fraction of sp³-hybridized carbons (Fsp3) is 0.333. The Morgan fingerprint density at radius 1 is 1.29 bits per heavy atom. The second kappa shape index (κ2) is 4.18.